The average molecular weight is 713 g/mol. The molecular weight excluding hydrogens is 653 g/mol. The van der Waals surface area contributed by atoms with Gasteiger partial charge >= 0.3 is 97.0 Å². The van der Waals surface area contributed by atoms with Crippen LogP contribution in [0.4, 0.5) is 5.69 Å². The molecular formula is C46H59N3Ni. The van der Waals surface area contributed by atoms with Crippen molar-refractivity contribution < 1.29 is 19.1 Å². The van der Waals surface area contributed by atoms with Gasteiger partial charge in [0.25, 0.3) is 0 Å². The number of hydrogen-bond donors (Lipinski definition) is 0. The quantitative estimate of drug-likeness (QED) is 0.0840. The molecule has 268 valence electrons. The zero-order valence-electron chi connectivity index (χ0n) is 31.7. The number of nitrogens with zero attached hydrogens (tertiary/aromatic N) is 3. The summed E-state index contributed by atoms with van der Waals surface area (Å²) in [4.78, 5) is 2.36. The molecule has 5 rings (SSSR count). The van der Waals surface area contributed by atoms with E-state index < -0.39 is 0 Å². The van der Waals surface area contributed by atoms with E-state index in [1.54, 1.807) is 14.4 Å². The van der Waals surface area contributed by atoms with E-state index in [0.717, 1.165) is 80.6 Å². The number of unbranched alkanes of at least 4 members (excludes halogenated alkanes) is 3. The summed E-state index contributed by atoms with van der Waals surface area (Å²) in [5.41, 5.74) is 23.7. The first-order chi connectivity index (χ1) is 24.3. The second-order valence-corrected chi connectivity index (χ2v) is 14.7. The predicted molar refractivity (Wildman–Crippen MR) is 213 cm³/mol. The Morgan fingerprint density at radius 3 is 1.32 bits per heavy atom. The maximum absolute atomic E-state index is 11.7. The van der Waals surface area contributed by atoms with Crippen molar-refractivity contribution in [2.75, 3.05) is 18.0 Å². The van der Waals surface area contributed by atoms with Crippen LogP contribution in [-0.2, 0) is 20.9 Å². The Balaban J connectivity index is 0.000000310. The molecule has 0 saturated heterocycles. The Bertz CT molecular complexity index is 1650. The zero-order valence-corrected chi connectivity index (χ0v) is 32.7. The fourth-order valence-electron chi connectivity index (χ4n) is 6.38. The summed E-state index contributed by atoms with van der Waals surface area (Å²) in [7, 11) is 0. The van der Waals surface area contributed by atoms with Crippen LogP contribution >= 0.6 is 0 Å². The standard InChI is InChI=1S/C32H45N3.2C7H7.Ni/c1-6-11-14-25-17-19-26(20-18-25)31-29(15-12-7-2)30(16-13-8-3)32(35(31)33)27-21-23-28(24-22-27)34(9-4)10-5;2*1-7-5-3-2-4-6-7;/h17-24H,6-16H2,1-5H3;2*3-6H,1H3;. The second kappa shape index (κ2) is 20.2. The number of benzene rings is 4. The van der Waals surface area contributed by atoms with Crippen LogP contribution in [0.3, 0.4) is 0 Å². The summed E-state index contributed by atoms with van der Waals surface area (Å²) < 4.78 is 4.14. The Labute approximate surface area is 309 Å². The van der Waals surface area contributed by atoms with Crippen molar-refractivity contribution in [1.29, 1.82) is 0 Å². The van der Waals surface area contributed by atoms with Gasteiger partial charge in [-0.15, -0.1) is 0 Å². The minimum absolute atomic E-state index is 0.973. The van der Waals surface area contributed by atoms with Gasteiger partial charge in [-0.3, -0.25) is 0 Å². The molecule has 4 heteroatoms. The van der Waals surface area contributed by atoms with E-state index in [0.29, 0.717) is 0 Å². The van der Waals surface area contributed by atoms with Gasteiger partial charge in [0.05, 0.1) is 0 Å². The van der Waals surface area contributed by atoms with Gasteiger partial charge in [0.15, 0.2) is 0 Å². The minimum atomic E-state index is 0.973. The van der Waals surface area contributed by atoms with Crippen LogP contribution in [0.5, 0.6) is 0 Å². The van der Waals surface area contributed by atoms with Gasteiger partial charge in [-0.05, 0) is 94.3 Å². The van der Waals surface area contributed by atoms with Crippen molar-refractivity contribution in [3.05, 3.63) is 142 Å². The first-order valence-electron chi connectivity index (χ1n) is 19.0. The fraction of sp³-hybridized carbons (Fsp3) is 0.391. The summed E-state index contributed by atoms with van der Waals surface area (Å²) in [6.45, 7) is 17.3. The molecule has 1 heterocycles. The third-order valence-corrected chi connectivity index (χ3v) is 10.6. The molecule has 0 amide bonds. The van der Waals surface area contributed by atoms with Crippen molar-refractivity contribution in [3.63, 3.8) is 0 Å². The Morgan fingerprint density at radius 1 is 0.520 bits per heavy atom. The van der Waals surface area contributed by atoms with Crippen LogP contribution in [0.1, 0.15) is 114 Å². The molecule has 0 N–H and O–H groups in total. The summed E-state index contributed by atoms with van der Waals surface area (Å²) in [5, 5.41) is 0. The Kier molecular flexibility index (Phi) is 15.8. The van der Waals surface area contributed by atoms with E-state index in [9.17, 15) is 5.53 Å². The van der Waals surface area contributed by atoms with Crippen molar-refractivity contribution in [3.8, 4) is 0 Å². The molecule has 0 atom stereocenters. The molecule has 0 fully saturated rings. The van der Waals surface area contributed by atoms with E-state index in [2.05, 4.69) is 150 Å². The fourth-order valence-corrected chi connectivity index (χ4v) is 7.37. The molecule has 0 unspecified atom stereocenters. The van der Waals surface area contributed by atoms with E-state index in [1.165, 1.54) is 60.1 Å². The van der Waals surface area contributed by atoms with Gasteiger partial charge in [0.1, 0.15) is 0 Å². The van der Waals surface area contributed by atoms with E-state index in [1.807, 2.05) is 0 Å². The van der Waals surface area contributed by atoms with Crippen LogP contribution in [0.25, 0.3) is 16.9 Å². The SMILES string of the molecule is CCCCC1=C(c2ccc(CCCC)cc2)[N+](=[N-])C(c2ccc(N(CC)CC)cc2)=C1CCCC.Cc1cc[c]([Ni][c]2ccc(C)cc2)cc1. The molecule has 0 bridgehead atoms. The summed E-state index contributed by atoms with van der Waals surface area (Å²) in [6, 6.07) is 35.0. The normalized spacial score (nSPS) is 12.8. The third kappa shape index (κ3) is 10.6. The number of hydrogen-bond acceptors (Lipinski definition) is 1. The number of allylic oxidation sites excluding steroid dienone is 2. The molecule has 0 aromatic heterocycles. The molecule has 1 aliphatic heterocycles. The summed E-state index contributed by atoms with van der Waals surface area (Å²) in [5.74, 6) is 0. The molecule has 0 spiro atoms. The van der Waals surface area contributed by atoms with Crippen LogP contribution in [-0.4, -0.2) is 17.8 Å². The van der Waals surface area contributed by atoms with Gasteiger partial charge in [0.2, 0.25) is 11.4 Å². The molecule has 1 aliphatic rings. The topological polar surface area (TPSA) is 28.6 Å². The molecule has 0 saturated carbocycles. The predicted octanol–water partition coefficient (Wildman–Crippen LogP) is 11.8. The van der Waals surface area contributed by atoms with Crippen LogP contribution in [0.2, 0.25) is 0 Å². The molecule has 0 aliphatic carbocycles. The molecule has 4 aromatic rings. The first-order valence-corrected chi connectivity index (χ1v) is 19.9. The number of anilines is 1. The number of rotatable bonds is 16. The maximum atomic E-state index is 11.7. The van der Waals surface area contributed by atoms with Gasteiger partial charge in [-0.1, -0.05) is 52.2 Å². The van der Waals surface area contributed by atoms with Gasteiger partial charge in [-0.2, -0.15) is 0 Å². The van der Waals surface area contributed by atoms with Gasteiger partial charge in [-0.25, -0.2) is 4.70 Å². The van der Waals surface area contributed by atoms with Crippen LogP contribution in [0.15, 0.2) is 108 Å². The Hall–Kier alpha value is -3.75. The van der Waals surface area contributed by atoms with E-state index in [-0.39, 0.29) is 0 Å². The van der Waals surface area contributed by atoms with Crippen LogP contribution < -0.4 is 14.0 Å². The zero-order chi connectivity index (χ0) is 35.9. The van der Waals surface area contributed by atoms with E-state index in [4.69, 9.17) is 0 Å². The monoisotopic (exact) mass is 711 g/mol. The van der Waals surface area contributed by atoms with Crippen molar-refractivity contribution in [1.82, 2.24) is 0 Å². The summed E-state index contributed by atoms with van der Waals surface area (Å²) >= 11 is 1.61. The number of aryl methyl sites for hydroxylation is 3. The van der Waals surface area contributed by atoms with Crippen LogP contribution in [0, 0.1) is 13.8 Å². The third-order valence-electron chi connectivity index (χ3n) is 9.40. The second-order valence-electron chi connectivity index (χ2n) is 13.3. The first kappa shape index (κ1) is 39.0. The average Bonchev–Trinajstić information content (AvgIpc) is 3.42. The summed E-state index contributed by atoms with van der Waals surface area (Å²) in [6.07, 6.45) is 10.1. The van der Waals surface area contributed by atoms with Gasteiger partial charge < -0.3 is 10.4 Å². The molecule has 50 heavy (non-hydrogen) atoms. The molecule has 0 radical (unpaired) electrons. The van der Waals surface area contributed by atoms with Crippen molar-refractivity contribution >= 4 is 26.1 Å². The molecule has 4 aromatic carbocycles. The molecule has 3 nitrogen and oxygen atoms in total. The van der Waals surface area contributed by atoms with E-state index >= 15 is 0 Å². The van der Waals surface area contributed by atoms with Gasteiger partial charge in [0, 0.05) is 41.1 Å². The van der Waals surface area contributed by atoms with Crippen molar-refractivity contribution in [2.45, 2.75) is 106 Å². The van der Waals surface area contributed by atoms with Crippen molar-refractivity contribution in [2.24, 2.45) is 0 Å². The Morgan fingerprint density at radius 2 is 0.920 bits per heavy atom.